The third-order valence-electron chi connectivity index (χ3n) is 6.26. The molecule has 174 valence electrons. The number of likely N-dealkylation sites (tertiary alicyclic amines) is 1. The molecule has 2 saturated heterocycles. The van der Waals surface area contributed by atoms with Crippen molar-refractivity contribution in [2.24, 2.45) is 4.99 Å². The van der Waals surface area contributed by atoms with Gasteiger partial charge in [0.15, 0.2) is 5.96 Å². The number of carbonyl (C=O) groups excluding carboxylic acids is 2. The lowest BCUT2D eigenvalue weighted by Gasteiger charge is -2.36. The van der Waals surface area contributed by atoms with Crippen LogP contribution >= 0.6 is 0 Å². The molecule has 4 rings (SSSR count). The Bertz CT molecular complexity index is 830. The lowest BCUT2D eigenvalue weighted by atomic mass is 10.1. The molecule has 2 N–H and O–H groups in total. The van der Waals surface area contributed by atoms with Gasteiger partial charge in [-0.15, -0.1) is 0 Å². The molecular formula is C24H36N6O2. The second-order valence-electron chi connectivity index (χ2n) is 9.01. The van der Waals surface area contributed by atoms with Crippen LogP contribution in [0.1, 0.15) is 43.7 Å². The zero-order valence-electron chi connectivity index (χ0n) is 19.2. The summed E-state index contributed by atoms with van der Waals surface area (Å²) in [5.41, 5.74) is 2.32. The van der Waals surface area contributed by atoms with E-state index < -0.39 is 0 Å². The van der Waals surface area contributed by atoms with Crippen molar-refractivity contribution >= 4 is 17.8 Å². The van der Waals surface area contributed by atoms with E-state index in [2.05, 4.69) is 51.6 Å². The number of rotatable bonds is 8. The first-order chi connectivity index (χ1) is 15.6. The summed E-state index contributed by atoms with van der Waals surface area (Å²) >= 11 is 0. The van der Waals surface area contributed by atoms with E-state index in [4.69, 9.17) is 4.99 Å². The van der Waals surface area contributed by atoms with Crippen molar-refractivity contribution in [3.05, 3.63) is 35.4 Å². The minimum atomic E-state index is 0.150. The topological polar surface area (TPSA) is 80.3 Å². The van der Waals surface area contributed by atoms with E-state index in [0.717, 1.165) is 75.6 Å². The monoisotopic (exact) mass is 440 g/mol. The quantitative estimate of drug-likeness (QED) is 0.469. The van der Waals surface area contributed by atoms with Gasteiger partial charge in [0.25, 0.3) is 0 Å². The average molecular weight is 441 g/mol. The summed E-state index contributed by atoms with van der Waals surface area (Å²) in [4.78, 5) is 35.3. The Balaban J connectivity index is 1.29. The van der Waals surface area contributed by atoms with Crippen molar-refractivity contribution in [1.29, 1.82) is 0 Å². The maximum atomic E-state index is 12.1. The number of hydrogen-bond donors (Lipinski definition) is 2. The van der Waals surface area contributed by atoms with Crippen LogP contribution in [0.4, 0.5) is 0 Å². The van der Waals surface area contributed by atoms with Gasteiger partial charge >= 0.3 is 0 Å². The van der Waals surface area contributed by atoms with Gasteiger partial charge in [-0.25, -0.2) is 4.99 Å². The van der Waals surface area contributed by atoms with Gasteiger partial charge < -0.3 is 20.4 Å². The summed E-state index contributed by atoms with van der Waals surface area (Å²) in [6, 6.07) is 8.82. The van der Waals surface area contributed by atoms with Gasteiger partial charge in [0.2, 0.25) is 11.8 Å². The zero-order chi connectivity index (χ0) is 22.3. The molecule has 1 aliphatic carbocycles. The van der Waals surface area contributed by atoms with Gasteiger partial charge in [-0.1, -0.05) is 24.3 Å². The fourth-order valence-electron chi connectivity index (χ4n) is 4.33. The van der Waals surface area contributed by atoms with Gasteiger partial charge in [0.1, 0.15) is 0 Å². The number of amides is 2. The molecule has 1 aromatic carbocycles. The zero-order valence-corrected chi connectivity index (χ0v) is 19.2. The van der Waals surface area contributed by atoms with E-state index in [0.29, 0.717) is 32.1 Å². The molecule has 0 spiro atoms. The highest BCUT2D eigenvalue weighted by Crippen LogP contribution is 2.18. The van der Waals surface area contributed by atoms with Crippen molar-refractivity contribution in [2.45, 2.75) is 51.7 Å². The van der Waals surface area contributed by atoms with Crippen molar-refractivity contribution in [2.75, 3.05) is 45.8 Å². The lowest BCUT2D eigenvalue weighted by molar-refractivity contribution is -0.128. The average Bonchev–Trinajstić information content (AvgIpc) is 3.51. The first-order valence-corrected chi connectivity index (χ1v) is 12.0. The molecule has 0 radical (unpaired) electrons. The molecule has 0 atom stereocenters. The van der Waals surface area contributed by atoms with Crippen LogP contribution in [0.3, 0.4) is 0 Å². The molecule has 3 fully saturated rings. The predicted molar refractivity (Wildman–Crippen MR) is 125 cm³/mol. The van der Waals surface area contributed by atoms with Crippen LogP contribution in [-0.4, -0.2) is 84.3 Å². The van der Waals surface area contributed by atoms with Crippen molar-refractivity contribution in [1.82, 2.24) is 25.3 Å². The van der Waals surface area contributed by atoms with Crippen LogP contribution in [0.25, 0.3) is 0 Å². The van der Waals surface area contributed by atoms with Crippen molar-refractivity contribution < 1.29 is 9.59 Å². The summed E-state index contributed by atoms with van der Waals surface area (Å²) < 4.78 is 0. The van der Waals surface area contributed by atoms with Gasteiger partial charge in [-0.05, 0) is 37.3 Å². The predicted octanol–water partition coefficient (Wildman–Crippen LogP) is 1.17. The Labute approximate surface area is 191 Å². The minimum absolute atomic E-state index is 0.150. The van der Waals surface area contributed by atoms with E-state index >= 15 is 0 Å². The summed E-state index contributed by atoms with van der Waals surface area (Å²) in [5, 5.41) is 6.49. The van der Waals surface area contributed by atoms with Crippen LogP contribution in [0.15, 0.2) is 29.3 Å². The van der Waals surface area contributed by atoms with Gasteiger partial charge in [0, 0.05) is 58.3 Å². The highest BCUT2D eigenvalue weighted by atomic mass is 16.2. The molecule has 0 bridgehead atoms. The SMILES string of the molecule is CCNC(=NCc1cccc(CN2CCCC2=O)c1)N1CCN(CC(=O)NC2CC2)CC1. The summed E-state index contributed by atoms with van der Waals surface area (Å²) in [7, 11) is 0. The Morgan fingerprint density at radius 3 is 2.59 bits per heavy atom. The Hall–Kier alpha value is -2.61. The Morgan fingerprint density at radius 1 is 1.12 bits per heavy atom. The van der Waals surface area contributed by atoms with Crippen molar-refractivity contribution in [3.8, 4) is 0 Å². The smallest absolute Gasteiger partial charge is 0.234 e. The first-order valence-electron chi connectivity index (χ1n) is 12.0. The highest BCUT2D eigenvalue weighted by Gasteiger charge is 2.26. The number of piperazine rings is 1. The van der Waals surface area contributed by atoms with Crippen LogP contribution in [0.2, 0.25) is 0 Å². The summed E-state index contributed by atoms with van der Waals surface area (Å²) in [5.74, 6) is 1.33. The number of nitrogens with one attached hydrogen (secondary N) is 2. The van der Waals surface area contributed by atoms with E-state index in [1.165, 1.54) is 0 Å². The number of benzene rings is 1. The molecule has 8 heteroatoms. The number of carbonyl (C=O) groups is 2. The van der Waals surface area contributed by atoms with Crippen LogP contribution in [0, 0.1) is 0 Å². The van der Waals surface area contributed by atoms with Crippen LogP contribution in [-0.2, 0) is 22.7 Å². The van der Waals surface area contributed by atoms with E-state index in [1.54, 1.807) is 0 Å². The second kappa shape index (κ2) is 10.8. The van der Waals surface area contributed by atoms with Crippen LogP contribution < -0.4 is 10.6 Å². The standard InChI is InChI=1S/C24H36N6O2/c1-2-25-24(29-13-11-28(12-14-29)18-22(31)27-21-8-9-21)26-16-19-5-3-6-20(15-19)17-30-10-4-7-23(30)32/h3,5-6,15,21H,2,4,7-14,16-18H2,1H3,(H,25,26)(H,27,31). The third-order valence-corrected chi connectivity index (χ3v) is 6.26. The normalized spacial score (nSPS) is 20.0. The molecule has 8 nitrogen and oxygen atoms in total. The fourth-order valence-corrected chi connectivity index (χ4v) is 4.33. The molecular weight excluding hydrogens is 404 g/mol. The Kier molecular flexibility index (Phi) is 7.63. The van der Waals surface area contributed by atoms with Gasteiger partial charge in [0.05, 0.1) is 13.1 Å². The molecule has 0 aromatic heterocycles. The number of guanidine groups is 1. The van der Waals surface area contributed by atoms with E-state index in [9.17, 15) is 9.59 Å². The van der Waals surface area contributed by atoms with E-state index in [1.807, 2.05) is 4.90 Å². The number of aliphatic imine (C=N–C) groups is 1. The van der Waals surface area contributed by atoms with Gasteiger partial charge in [-0.2, -0.15) is 0 Å². The fraction of sp³-hybridized carbons (Fsp3) is 0.625. The molecule has 1 saturated carbocycles. The summed E-state index contributed by atoms with van der Waals surface area (Å²) in [6.45, 7) is 9.00. The highest BCUT2D eigenvalue weighted by molar-refractivity contribution is 5.80. The largest absolute Gasteiger partial charge is 0.357 e. The molecule has 3 aliphatic rings. The maximum absolute atomic E-state index is 12.1. The molecule has 2 aliphatic heterocycles. The number of hydrogen-bond acceptors (Lipinski definition) is 4. The molecule has 32 heavy (non-hydrogen) atoms. The molecule has 2 amide bonds. The lowest BCUT2D eigenvalue weighted by Crippen LogP contribution is -2.54. The maximum Gasteiger partial charge on any atom is 0.234 e. The third kappa shape index (κ3) is 6.45. The number of nitrogens with zero attached hydrogens (tertiary/aromatic N) is 4. The molecule has 2 heterocycles. The molecule has 0 unspecified atom stereocenters. The van der Waals surface area contributed by atoms with Gasteiger partial charge in [-0.3, -0.25) is 14.5 Å². The van der Waals surface area contributed by atoms with Crippen LogP contribution in [0.5, 0.6) is 0 Å². The second-order valence-corrected chi connectivity index (χ2v) is 9.01. The summed E-state index contributed by atoms with van der Waals surface area (Å²) in [6.07, 6.45) is 3.89. The van der Waals surface area contributed by atoms with Crippen molar-refractivity contribution in [3.63, 3.8) is 0 Å². The minimum Gasteiger partial charge on any atom is -0.357 e. The molecule has 1 aromatic rings. The Morgan fingerprint density at radius 2 is 1.91 bits per heavy atom. The first kappa shape index (κ1) is 22.6. The van der Waals surface area contributed by atoms with E-state index in [-0.39, 0.29) is 11.8 Å².